The molecule has 0 spiro atoms. The lowest BCUT2D eigenvalue weighted by Crippen LogP contribution is -2.43. The molecule has 3 aromatic rings. The van der Waals surface area contributed by atoms with Crippen molar-refractivity contribution in [2.45, 2.75) is 32.5 Å². The number of ether oxygens (including phenoxy) is 2. The molecule has 0 aliphatic carbocycles. The Morgan fingerprint density at radius 3 is 2.53 bits per heavy atom. The van der Waals surface area contributed by atoms with Gasteiger partial charge in [0.25, 0.3) is 5.95 Å². The minimum absolute atomic E-state index is 0.0192. The summed E-state index contributed by atoms with van der Waals surface area (Å²) in [6, 6.07) is 1.84. The number of alkyl halides is 3. The predicted octanol–water partition coefficient (Wildman–Crippen LogP) is 1.09. The molecule has 0 radical (unpaired) electrons. The van der Waals surface area contributed by atoms with Crippen LogP contribution in [0.2, 0.25) is 0 Å². The zero-order valence-electron chi connectivity index (χ0n) is 17.8. The van der Waals surface area contributed by atoms with E-state index in [1.165, 1.54) is 30.5 Å². The molecule has 0 amide bonds. The molecule has 14 nitrogen and oxygen atoms in total. The maximum Gasteiger partial charge on any atom is 0.507 e. The third kappa shape index (κ3) is 5.76. The summed E-state index contributed by atoms with van der Waals surface area (Å²) in [4.78, 5) is 16.9. The topological polar surface area (TPSA) is 159 Å². The zero-order valence-corrected chi connectivity index (χ0v) is 18.6. The van der Waals surface area contributed by atoms with Crippen molar-refractivity contribution < 1.29 is 32.5 Å². The first-order valence-corrected chi connectivity index (χ1v) is 9.71. The van der Waals surface area contributed by atoms with Gasteiger partial charge in [-0.25, -0.2) is 14.5 Å². The van der Waals surface area contributed by atoms with E-state index in [0.29, 0.717) is 0 Å². The molecule has 3 rings (SSSR count). The molecule has 182 valence electrons. The highest BCUT2D eigenvalue weighted by Crippen LogP contribution is 2.29. The normalized spacial score (nSPS) is 12.4. The summed E-state index contributed by atoms with van der Waals surface area (Å²) < 4.78 is 51.3. The van der Waals surface area contributed by atoms with Crippen LogP contribution < -0.4 is 4.90 Å². The highest BCUT2D eigenvalue weighted by atomic mass is 32.1. The van der Waals surface area contributed by atoms with E-state index in [-0.39, 0.29) is 34.6 Å². The van der Waals surface area contributed by atoms with Crippen molar-refractivity contribution in [3.05, 3.63) is 34.9 Å². The van der Waals surface area contributed by atoms with Crippen molar-refractivity contribution in [3.63, 3.8) is 0 Å². The lowest BCUT2D eigenvalue weighted by molar-refractivity contribution is -0.141. The van der Waals surface area contributed by atoms with Gasteiger partial charge < -0.3 is 14.6 Å². The van der Waals surface area contributed by atoms with Crippen LogP contribution in [-0.4, -0.2) is 67.9 Å². The summed E-state index contributed by atoms with van der Waals surface area (Å²) >= 11 is 5.48. The lowest BCUT2D eigenvalue weighted by atomic mass is 10.1. The van der Waals surface area contributed by atoms with E-state index in [9.17, 15) is 18.0 Å². The molecule has 1 atom stereocenters. The summed E-state index contributed by atoms with van der Waals surface area (Å²) in [7, 11) is 3.00. The molecular weight excluding hydrogens is 485 g/mol. The van der Waals surface area contributed by atoms with Gasteiger partial charge in [0.15, 0.2) is 12.1 Å². The van der Waals surface area contributed by atoms with Crippen LogP contribution in [0.3, 0.4) is 0 Å². The molecule has 1 N–H and O–H groups in total. The highest BCUT2D eigenvalue weighted by molar-refractivity contribution is 7.81. The lowest BCUT2D eigenvalue weighted by Gasteiger charge is -2.28. The van der Waals surface area contributed by atoms with Gasteiger partial charge in [0.05, 0.1) is 19.3 Å². The highest BCUT2D eigenvalue weighted by Gasteiger charge is 2.35. The number of rotatable bonds is 8. The number of carbonyl (C=O) groups is 1. The fourth-order valence-electron chi connectivity index (χ4n) is 2.76. The van der Waals surface area contributed by atoms with Gasteiger partial charge in [-0.1, -0.05) is 17.3 Å². The summed E-state index contributed by atoms with van der Waals surface area (Å²) in [6.45, 7) is 0.784. The molecule has 18 heteroatoms. The van der Waals surface area contributed by atoms with Gasteiger partial charge in [0, 0.05) is 12.6 Å². The Bertz CT molecular complexity index is 1180. The Hall–Kier alpha value is -3.80. The maximum absolute atomic E-state index is 13.3. The molecule has 3 aromatic heterocycles. The summed E-state index contributed by atoms with van der Waals surface area (Å²) in [6.07, 6.45) is -7.58. The van der Waals surface area contributed by atoms with E-state index >= 15 is 0 Å². The number of hydrogen-bond acceptors (Lipinski definition) is 11. The van der Waals surface area contributed by atoms with Gasteiger partial charge in [0.1, 0.15) is 17.3 Å². The quantitative estimate of drug-likeness (QED) is 0.265. The molecule has 3 heterocycles. The Morgan fingerprint density at radius 1 is 1.24 bits per heavy atom. The monoisotopic (exact) mass is 502 g/mol. The summed E-state index contributed by atoms with van der Waals surface area (Å²) in [5.74, 6) is 0.183. The van der Waals surface area contributed by atoms with E-state index in [4.69, 9.17) is 26.8 Å². The van der Waals surface area contributed by atoms with Crippen molar-refractivity contribution in [1.82, 2.24) is 45.4 Å². The first-order valence-electron chi connectivity index (χ1n) is 9.30. The Balaban J connectivity index is 1.97. The fourth-order valence-corrected chi connectivity index (χ4v) is 3.18. The smallest absolute Gasteiger partial charge is 0.450 e. The standard InChI is InChI=1S/C16H17F3N10O4S/c1-8(33-15(30)31)29(14-22-24-26-27(14)2)13(34)9-4-5-11(16(17,18)19)20-10(9)6-32-7-12-21-25-28(3)23-12/h4-5,8H,6-7H2,1-3H3,(H,30,31). The number of aromatic nitrogens is 9. The number of hydrogen-bond donors (Lipinski definition) is 1. The van der Waals surface area contributed by atoms with Gasteiger partial charge in [-0.3, -0.25) is 4.90 Å². The van der Waals surface area contributed by atoms with E-state index in [1.807, 2.05) is 0 Å². The molecule has 0 aliphatic heterocycles. The molecule has 0 saturated carbocycles. The Kier molecular flexibility index (Phi) is 7.30. The fraction of sp³-hybridized carbons (Fsp3) is 0.438. The van der Waals surface area contributed by atoms with E-state index < -0.39 is 30.9 Å². The molecule has 0 bridgehead atoms. The first-order chi connectivity index (χ1) is 16.0. The van der Waals surface area contributed by atoms with Crippen LogP contribution in [0.25, 0.3) is 0 Å². The average molecular weight is 502 g/mol. The molecule has 0 saturated heterocycles. The van der Waals surface area contributed by atoms with Crippen LogP contribution in [-0.2, 0) is 43.0 Å². The molecule has 1 unspecified atom stereocenters. The van der Waals surface area contributed by atoms with Crippen molar-refractivity contribution in [2.24, 2.45) is 14.1 Å². The van der Waals surface area contributed by atoms with Crippen LogP contribution in [0.15, 0.2) is 12.1 Å². The second-order valence-corrected chi connectivity index (χ2v) is 7.02. The number of halogens is 3. The second kappa shape index (κ2) is 10.00. The number of thiocarbonyl (C=S) groups is 1. The molecular formula is C16H17F3N10O4S. The maximum atomic E-state index is 13.3. The Morgan fingerprint density at radius 2 is 1.97 bits per heavy atom. The minimum atomic E-state index is -4.73. The molecule has 0 aliphatic rings. The van der Waals surface area contributed by atoms with Crippen LogP contribution in [0.4, 0.5) is 23.9 Å². The zero-order chi connectivity index (χ0) is 25.0. The van der Waals surface area contributed by atoms with Crippen LogP contribution in [0, 0.1) is 0 Å². The van der Waals surface area contributed by atoms with E-state index in [0.717, 1.165) is 17.0 Å². The number of pyridine rings is 1. The van der Waals surface area contributed by atoms with Crippen molar-refractivity contribution in [2.75, 3.05) is 4.90 Å². The van der Waals surface area contributed by atoms with Gasteiger partial charge in [-0.2, -0.15) is 18.0 Å². The number of carboxylic acid groups (broad SMARTS) is 1. The SMILES string of the molecule is CC(OC(=O)O)N(C(=S)c1ccc(C(F)(F)F)nc1COCc1nnn(C)n1)c1nnnn1C. The van der Waals surface area contributed by atoms with Crippen molar-refractivity contribution in [3.8, 4) is 0 Å². The molecule has 0 fully saturated rings. The van der Waals surface area contributed by atoms with E-state index in [1.54, 1.807) is 0 Å². The average Bonchev–Trinajstić information content (AvgIpc) is 3.35. The summed E-state index contributed by atoms with van der Waals surface area (Å²) in [5.41, 5.74) is -1.30. The van der Waals surface area contributed by atoms with Gasteiger partial charge in [-0.05, 0) is 34.7 Å². The van der Waals surface area contributed by atoms with E-state index in [2.05, 4.69) is 35.9 Å². The number of anilines is 1. The Labute approximate surface area is 194 Å². The third-order valence-electron chi connectivity index (χ3n) is 4.18. The largest absolute Gasteiger partial charge is 0.507 e. The van der Waals surface area contributed by atoms with Gasteiger partial charge >= 0.3 is 12.3 Å². The van der Waals surface area contributed by atoms with Crippen LogP contribution in [0.5, 0.6) is 0 Å². The molecule has 34 heavy (non-hydrogen) atoms. The first kappa shape index (κ1) is 24.8. The summed E-state index contributed by atoms with van der Waals surface area (Å²) in [5, 5.41) is 31.3. The van der Waals surface area contributed by atoms with Crippen LogP contribution >= 0.6 is 12.2 Å². The van der Waals surface area contributed by atoms with Gasteiger partial charge in [0.2, 0.25) is 0 Å². The number of aryl methyl sites for hydroxylation is 2. The third-order valence-corrected chi connectivity index (χ3v) is 4.60. The minimum Gasteiger partial charge on any atom is -0.450 e. The molecule has 0 aromatic carbocycles. The number of nitrogens with zero attached hydrogens (tertiary/aromatic N) is 10. The van der Waals surface area contributed by atoms with Crippen molar-refractivity contribution in [1.29, 1.82) is 0 Å². The van der Waals surface area contributed by atoms with Crippen molar-refractivity contribution >= 4 is 29.3 Å². The van der Waals surface area contributed by atoms with Crippen LogP contribution in [0.1, 0.15) is 29.7 Å². The second-order valence-electron chi connectivity index (χ2n) is 6.64. The predicted molar refractivity (Wildman–Crippen MR) is 108 cm³/mol. The number of tetrazole rings is 2. The van der Waals surface area contributed by atoms with Gasteiger partial charge in [-0.15, -0.1) is 10.2 Å².